The molecule has 1 unspecified atom stereocenters. The fourth-order valence-corrected chi connectivity index (χ4v) is 3.19. The van der Waals surface area contributed by atoms with Crippen molar-refractivity contribution in [1.82, 2.24) is 19.5 Å². The Morgan fingerprint density at radius 3 is 3.00 bits per heavy atom. The number of anilines is 2. The van der Waals surface area contributed by atoms with Crippen LogP contribution in [0, 0.1) is 6.08 Å². The number of hydrogen-bond donors (Lipinski definition) is 1. The molecule has 0 amide bonds. The zero-order chi connectivity index (χ0) is 18.1. The smallest absolute Gasteiger partial charge is 0.312 e. The van der Waals surface area contributed by atoms with Gasteiger partial charge < -0.3 is 14.8 Å². The number of aromatic nitrogens is 4. The van der Waals surface area contributed by atoms with Crippen molar-refractivity contribution in [2.45, 2.75) is 25.5 Å². The van der Waals surface area contributed by atoms with Gasteiger partial charge in [0.2, 0.25) is 0 Å². The predicted molar refractivity (Wildman–Crippen MR) is 95.4 cm³/mol. The molecule has 3 aromatic rings. The van der Waals surface area contributed by atoms with Gasteiger partial charge in [-0.3, -0.25) is 4.57 Å². The topological polar surface area (TPSA) is 74.1 Å². The van der Waals surface area contributed by atoms with E-state index in [4.69, 9.17) is 21.1 Å². The summed E-state index contributed by atoms with van der Waals surface area (Å²) in [5.41, 5.74) is 1.44. The van der Waals surface area contributed by atoms with E-state index in [2.05, 4.69) is 20.3 Å². The Labute approximate surface area is 154 Å². The van der Waals surface area contributed by atoms with E-state index in [1.807, 2.05) is 0 Å². The minimum Gasteiger partial charge on any atom is -0.495 e. The third kappa shape index (κ3) is 3.17. The Balaban J connectivity index is 1.75. The second-order valence-corrected chi connectivity index (χ2v) is 6.39. The Morgan fingerprint density at radius 2 is 2.23 bits per heavy atom. The number of hydrogen-bond acceptors (Lipinski definition) is 6. The van der Waals surface area contributed by atoms with Gasteiger partial charge in [-0.2, -0.15) is 14.4 Å². The van der Waals surface area contributed by atoms with Crippen LogP contribution in [0.15, 0.2) is 24.5 Å². The maximum Gasteiger partial charge on any atom is 0.312 e. The molecule has 1 aromatic carbocycles. The number of benzene rings is 1. The average Bonchev–Trinajstić information content (AvgIpc) is 3.07. The number of nitrogens with zero attached hydrogens (tertiary/aromatic N) is 4. The zero-order valence-electron chi connectivity index (χ0n) is 14.1. The van der Waals surface area contributed by atoms with E-state index in [1.54, 1.807) is 29.1 Å². The molecule has 0 radical (unpaired) electrons. The maximum absolute atomic E-state index is 14.1. The number of methoxy groups -OCH3 is 1. The van der Waals surface area contributed by atoms with Crippen molar-refractivity contribution in [3.8, 4) is 5.75 Å². The van der Waals surface area contributed by atoms with E-state index < -0.39 is 6.08 Å². The molecule has 0 saturated carbocycles. The highest BCUT2D eigenvalue weighted by Gasteiger charge is 2.21. The van der Waals surface area contributed by atoms with E-state index in [0.717, 1.165) is 19.3 Å². The largest absolute Gasteiger partial charge is 0.495 e. The highest BCUT2D eigenvalue weighted by molar-refractivity contribution is 6.30. The fourth-order valence-electron chi connectivity index (χ4n) is 3.03. The molecule has 1 atom stereocenters. The predicted octanol–water partition coefficient (Wildman–Crippen LogP) is 4.07. The standard InChI is InChI=1S/C17H17ClFN5O2/c1-25-12-8-10(18)5-6-11(12)21-15-14-16(23-17(19)22-15)24(9-20-14)13-4-2-3-7-26-13/h5-6,8-9,13H,2-4,7H2,1H3,(H,21,22,23). The minimum absolute atomic E-state index is 0.194. The monoisotopic (exact) mass is 377 g/mol. The first-order valence-corrected chi connectivity index (χ1v) is 8.66. The Kier molecular flexibility index (Phi) is 4.60. The van der Waals surface area contributed by atoms with Gasteiger partial charge in [-0.15, -0.1) is 0 Å². The number of nitrogens with one attached hydrogen (secondary N) is 1. The number of halogens is 2. The van der Waals surface area contributed by atoms with E-state index in [9.17, 15) is 4.39 Å². The van der Waals surface area contributed by atoms with Crippen LogP contribution in [0.4, 0.5) is 15.9 Å². The minimum atomic E-state index is -0.842. The molecule has 7 nitrogen and oxygen atoms in total. The summed E-state index contributed by atoms with van der Waals surface area (Å²) in [6.07, 6.45) is 3.48. The van der Waals surface area contributed by atoms with Crippen LogP contribution in [0.2, 0.25) is 5.02 Å². The number of rotatable bonds is 4. The quantitative estimate of drug-likeness (QED) is 0.691. The SMILES string of the molecule is COc1cc(Cl)ccc1Nc1nc(F)nc2c1ncn2C1CCCCO1. The van der Waals surface area contributed by atoms with Crippen LogP contribution in [0.1, 0.15) is 25.5 Å². The molecule has 1 saturated heterocycles. The third-order valence-corrected chi connectivity index (χ3v) is 4.51. The molecule has 0 bridgehead atoms. The third-order valence-electron chi connectivity index (χ3n) is 4.28. The number of ether oxygens (including phenoxy) is 2. The van der Waals surface area contributed by atoms with Gasteiger partial charge in [-0.05, 0) is 31.4 Å². The molecule has 9 heteroatoms. The van der Waals surface area contributed by atoms with Crippen molar-refractivity contribution in [3.05, 3.63) is 35.6 Å². The van der Waals surface area contributed by atoms with Crippen molar-refractivity contribution in [2.24, 2.45) is 0 Å². The van der Waals surface area contributed by atoms with Gasteiger partial charge in [0.25, 0.3) is 0 Å². The normalized spacial score (nSPS) is 17.4. The summed E-state index contributed by atoms with van der Waals surface area (Å²) in [7, 11) is 1.53. The van der Waals surface area contributed by atoms with E-state index >= 15 is 0 Å². The first-order valence-electron chi connectivity index (χ1n) is 8.28. The first-order chi connectivity index (χ1) is 12.7. The van der Waals surface area contributed by atoms with Crippen LogP contribution in [-0.2, 0) is 4.74 Å². The summed E-state index contributed by atoms with van der Waals surface area (Å²) >= 11 is 5.99. The molecular weight excluding hydrogens is 361 g/mol. The molecular formula is C17H17ClFN5O2. The zero-order valence-corrected chi connectivity index (χ0v) is 14.8. The lowest BCUT2D eigenvalue weighted by Crippen LogP contribution is -2.18. The summed E-state index contributed by atoms with van der Waals surface area (Å²) in [6.45, 7) is 0.672. The summed E-state index contributed by atoms with van der Waals surface area (Å²) in [5.74, 6) is 0.766. The average molecular weight is 378 g/mol. The molecule has 3 heterocycles. The van der Waals surface area contributed by atoms with Crippen LogP contribution in [0.25, 0.3) is 11.2 Å². The summed E-state index contributed by atoms with van der Waals surface area (Å²) < 4.78 is 26.9. The van der Waals surface area contributed by atoms with Crippen molar-refractivity contribution < 1.29 is 13.9 Å². The van der Waals surface area contributed by atoms with Crippen molar-refractivity contribution in [1.29, 1.82) is 0 Å². The van der Waals surface area contributed by atoms with E-state index in [0.29, 0.717) is 34.2 Å². The lowest BCUT2D eigenvalue weighted by molar-refractivity contribution is -0.0298. The molecule has 1 aliphatic rings. The highest BCUT2D eigenvalue weighted by atomic mass is 35.5. The molecule has 4 rings (SSSR count). The van der Waals surface area contributed by atoms with Crippen LogP contribution >= 0.6 is 11.6 Å². The maximum atomic E-state index is 14.1. The lowest BCUT2D eigenvalue weighted by atomic mass is 10.2. The second kappa shape index (κ2) is 7.05. The molecule has 1 aliphatic heterocycles. The fraction of sp³-hybridized carbons (Fsp3) is 0.353. The summed E-state index contributed by atoms with van der Waals surface area (Å²) in [6, 6.07) is 5.09. The van der Waals surface area contributed by atoms with Crippen LogP contribution in [0.5, 0.6) is 5.75 Å². The number of fused-ring (bicyclic) bond motifs is 1. The summed E-state index contributed by atoms with van der Waals surface area (Å²) in [4.78, 5) is 12.1. The van der Waals surface area contributed by atoms with E-state index in [1.165, 1.54) is 7.11 Å². The second-order valence-electron chi connectivity index (χ2n) is 5.96. The Morgan fingerprint density at radius 1 is 1.35 bits per heavy atom. The van der Waals surface area contributed by atoms with Gasteiger partial charge >= 0.3 is 6.08 Å². The van der Waals surface area contributed by atoms with Crippen LogP contribution in [0.3, 0.4) is 0 Å². The molecule has 0 spiro atoms. The van der Waals surface area contributed by atoms with Gasteiger partial charge in [0.1, 0.15) is 12.0 Å². The van der Waals surface area contributed by atoms with Gasteiger partial charge in [0.15, 0.2) is 17.0 Å². The molecule has 26 heavy (non-hydrogen) atoms. The lowest BCUT2D eigenvalue weighted by Gasteiger charge is -2.23. The molecule has 1 N–H and O–H groups in total. The van der Waals surface area contributed by atoms with Crippen molar-refractivity contribution >= 4 is 34.3 Å². The van der Waals surface area contributed by atoms with Gasteiger partial charge in [0, 0.05) is 17.7 Å². The molecule has 0 aliphatic carbocycles. The molecule has 1 fully saturated rings. The molecule has 2 aromatic heterocycles. The van der Waals surface area contributed by atoms with Crippen LogP contribution < -0.4 is 10.1 Å². The Hall–Kier alpha value is -2.45. The summed E-state index contributed by atoms with van der Waals surface area (Å²) in [5, 5.41) is 3.59. The van der Waals surface area contributed by atoms with Crippen molar-refractivity contribution in [3.63, 3.8) is 0 Å². The van der Waals surface area contributed by atoms with E-state index in [-0.39, 0.29) is 12.0 Å². The van der Waals surface area contributed by atoms with Crippen LogP contribution in [-0.4, -0.2) is 33.2 Å². The first kappa shape index (κ1) is 17.0. The van der Waals surface area contributed by atoms with Gasteiger partial charge in [-0.25, -0.2) is 4.98 Å². The number of imidazole rings is 1. The van der Waals surface area contributed by atoms with Gasteiger partial charge in [-0.1, -0.05) is 11.6 Å². The van der Waals surface area contributed by atoms with Gasteiger partial charge in [0.05, 0.1) is 19.1 Å². The molecule has 136 valence electrons. The van der Waals surface area contributed by atoms with Crippen molar-refractivity contribution in [2.75, 3.05) is 19.0 Å². The Bertz CT molecular complexity index is 942. The highest BCUT2D eigenvalue weighted by Crippen LogP contribution is 2.33.